The van der Waals surface area contributed by atoms with E-state index < -0.39 is 23.4 Å². The minimum absolute atomic E-state index is 0.0268. The van der Waals surface area contributed by atoms with Gasteiger partial charge in [-0.15, -0.1) is 0 Å². The van der Waals surface area contributed by atoms with Crippen LogP contribution in [0.2, 0.25) is 0 Å². The number of amides is 3. The van der Waals surface area contributed by atoms with Crippen LogP contribution in [0.4, 0.5) is 25.8 Å². The number of nitrogens with one attached hydrogen (secondary N) is 2. The number of anilines is 3. The van der Waals surface area contributed by atoms with Crippen LogP contribution in [-0.2, 0) is 27.2 Å². The standard InChI is InChI=1S/C19H15F2N3O3/c20-12-3-4-15(14(21)9-12)23-19(27)18(26)22-13-6-10-2-1-5-24-16(25)8-11(7-13)17(10)24/h3-4,6-7,9H,1-2,5,8H2,(H,22,26)(H,23,27). The second-order valence-corrected chi connectivity index (χ2v) is 6.50. The number of nitrogens with zero attached hydrogens (tertiary/aromatic N) is 1. The smallest absolute Gasteiger partial charge is 0.314 e. The van der Waals surface area contributed by atoms with Crippen molar-refractivity contribution < 1.29 is 23.2 Å². The minimum Gasteiger partial charge on any atom is -0.318 e. The van der Waals surface area contributed by atoms with Crippen molar-refractivity contribution in [2.75, 3.05) is 22.1 Å². The molecule has 0 bridgehead atoms. The molecule has 0 atom stereocenters. The van der Waals surface area contributed by atoms with Crippen molar-refractivity contribution in [3.63, 3.8) is 0 Å². The van der Waals surface area contributed by atoms with Crippen LogP contribution in [0.25, 0.3) is 0 Å². The predicted octanol–water partition coefficient (Wildman–Crippen LogP) is 2.38. The molecule has 3 amide bonds. The molecule has 2 aromatic carbocycles. The molecule has 2 aromatic rings. The molecule has 4 rings (SSSR count). The first-order valence-electron chi connectivity index (χ1n) is 8.46. The number of halogens is 2. The van der Waals surface area contributed by atoms with Gasteiger partial charge >= 0.3 is 11.8 Å². The summed E-state index contributed by atoms with van der Waals surface area (Å²) in [6.07, 6.45) is 1.88. The van der Waals surface area contributed by atoms with Crippen molar-refractivity contribution in [3.05, 3.63) is 53.1 Å². The van der Waals surface area contributed by atoms with E-state index >= 15 is 0 Å². The summed E-state index contributed by atoms with van der Waals surface area (Å²) in [6.45, 7) is 0.691. The Hall–Kier alpha value is -3.29. The quantitative estimate of drug-likeness (QED) is 0.796. The topological polar surface area (TPSA) is 78.5 Å². The number of carbonyl (C=O) groups is 3. The van der Waals surface area contributed by atoms with E-state index in [9.17, 15) is 23.2 Å². The highest BCUT2D eigenvalue weighted by Gasteiger charge is 2.32. The van der Waals surface area contributed by atoms with E-state index in [-0.39, 0.29) is 18.0 Å². The average molecular weight is 371 g/mol. The molecule has 138 valence electrons. The molecule has 0 spiro atoms. The molecular formula is C19H15F2N3O3. The lowest BCUT2D eigenvalue weighted by Gasteiger charge is -2.26. The van der Waals surface area contributed by atoms with Crippen molar-refractivity contribution >= 4 is 34.8 Å². The summed E-state index contributed by atoms with van der Waals surface area (Å²) in [5.41, 5.74) is 2.78. The lowest BCUT2D eigenvalue weighted by Crippen LogP contribution is -2.31. The second-order valence-electron chi connectivity index (χ2n) is 6.50. The van der Waals surface area contributed by atoms with Crippen molar-refractivity contribution in [2.45, 2.75) is 19.3 Å². The van der Waals surface area contributed by atoms with Gasteiger partial charge in [0, 0.05) is 18.3 Å². The zero-order valence-corrected chi connectivity index (χ0v) is 14.1. The Morgan fingerprint density at radius 1 is 1.00 bits per heavy atom. The second kappa shape index (κ2) is 6.46. The molecule has 0 fully saturated rings. The predicted molar refractivity (Wildman–Crippen MR) is 94.4 cm³/mol. The van der Waals surface area contributed by atoms with Gasteiger partial charge < -0.3 is 15.5 Å². The summed E-state index contributed by atoms with van der Waals surface area (Å²) in [4.78, 5) is 38.0. The molecule has 2 aliphatic heterocycles. The Labute approximate surface area is 153 Å². The SMILES string of the molecule is O=C(Nc1cc2c3c(c1)CC(=O)N3CCC2)C(=O)Nc1ccc(F)cc1F. The Balaban J connectivity index is 1.51. The van der Waals surface area contributed by atoms with Crippen LogP contribution >= 0.6 is 0 Å². The van der Waals surface area contributed by atoms with Gasteiger partial charge in [0.25, 0.3) is 0 Å². The van der Waals surface area contributed by atoms with Gasteiger partial charge in [0.1, 0.15) is 11.6 Å². The summed E-state index contributed by atoms with van der Waals surface area (Å²) in [5, 5.41) is 4.58. The van der Waals surface area contributed by atoms with Gasteiger partial charge in [-0.2, -0.15) is 0 Å². The first-order valence-corrected chi connectivity index (χ1v) is 8.46. The molecule has 0 unspecified atom stereocenters. The number of rotatable bonds is 2. The third-order valence-corrected chi connectivity index (χ3v) is 4.65. The summed E-state index contributed by atoms with van der Waals surface area (Å²) < 4.78 is 26.5. The van der Waals surface area contributed by atoms with E-state index in [1.165, 1.54) is 0 Å². The highest BCUT2D eigenvalue weighted by Crippen LogP contribution is 2.38. The molecule has 2 N–H and O–H groups in total. The minimum atomic E-state index is -1.08. The van der Waals surface area contributed by atoms with E-state index in [2.05, 4.69) is 10.6 Å². The van der Waals surface area contributed by atoms with E-state index in [1.807, 2.05) is 0 Å². The molecule has 27 heavy (non-hydrogen) atoms. The molecule has 0 aliphatic carbocycles. The van der Waals surface area contributed by atoms with Gasteiger partial charge in [0.15, 0.2) is 0 Å². The fourth-order valence-electron chi connectivity index (χ4n) is 3.51. The van der Waals surface area contributed by atoms with Crippen molar-refractivity contribution in [3.8, 4) is 0 Å². The Morgan fingerprint density at radius 3 is 2.52 bits per heavy atom. The Morgan fingerprint density at radius 2 is 1.74 bits per heavy atom. The normalized spacial score (nSPS) is 14.7. The van der Waals surface area contributed by atoms with Gasteiger partial charge in [0.2, 0.25) is 5.91 Å². The first-order chi connectivity index (χ1) is 12.9. The zero-order valence-electron chi connectivity index (χ0n) is 14.1. The summed E-state index contributed by atoms with van der Waals surface area (Å²) in [7, 11) is 0. The highest BCUT2D eigenvalue weighted by molar-refractivity contribution is 6.43. The Kier molecular flexibility index (Phi) is 4.10. The van der Waals surface area contributed by atoms with Gasteiger partial charge in [-0.1, -0.05) is 0 Å². The number of carbonyl (C=O) groups excluding carboxylic acids is 3. The van der Waals surface area contributed by atoms with Crippen LogP contribution in [0.1, 0.15) is 17.5 Å². The molecular weight excluding hydrogens is 356 g/mol. The Bertz CT molecular complexity index is 990. The zero-order chi connectivity index (χ0) is 19.1. The third kappa shape index (κ3) is 3.14. The van der Waals surface area contributed by atoms with E-state index in [0.29, 0.717) is 18.3 Å². The van der Waals surface area contributed by atoms with Gasteiger partial charge in [-0.3, -0.25) is 14.4 Å². The van der Waals surface area contributed by atoms with Crippen LogP contribution in [0.5, 0.6) is 0 Å². The summed E-state index contributed by atoms with van der Waals surface area (Å²) in [6, 6.07) is 6.04. The lowest BCUT2D eigenvalue weighted by molar-refractivity contribution is -0.133. The molecule has 2 heterocycles. The molecule has 0 radical (unpaired) electrons. The number of aryl methyl sites for hydroxylation is 1. The largest absolute Gasteiger partial charge is 0.318 e. The number of hydrogen-bond acceptors (Lipinski definition) is 3. The van der Waals surface area contributed by atoms with Crippen molar-refractivity contribution in [1.82, 2.24) is 0 Å². The lowest BCUT2D eigenvalue weighted by atomic mass is 9.99. The number of benzene rings is 2. The van der Waals surface area contributed by atoms with Crippen molar-refractivity contribution in [2.24, 2.45) is 0 Å². The molecule has 2 aliphatic rings. The molecule has 0 aromatic heterocycles. The van der Waals surface area contributed by atoms with E-state index in [0.717, 1.165) is 41.8 Å². The van der Waals surface area contributed by atoms with Crippen LogP contribution in [0.3, 0.4) is 0 Å². The van der Waals surface area contributed by atoms with Crippen LogP contribution in [0.15, 0.2) is 30.3 Å². The van der Waals surface area contributed by atoms with Gasteiger partial charge in [0.05, 0.1) is 17.8 Å². The molecule has 0 saturated carbocycles. The molecule has 6 nitrogen and oxygen atoms in total. The first kappa shape index (κ1) is 17.1. The van der Waals surface area contributed by atoms with Crippen LogP contribution < -0.4 is 15.5 Å². The summed E-state index contributed by atoms with van der Waals surface area (Å²) >= 11 is 0. The van der Waals surface area contributed by atoms with E-state index in [1.54, 1.807) is 17.0 Å². The fraction of sp³-hybridized carbons (Fsp3) is 0.211. The third-order valence-electron chi connectivity index (χ3n) is 4.65. The maximum Gasteiger partial charge on any atom is 0.314 e. The molecule has 8 heteroatoms. The summed E-state index contributed by atoms with van der Waals surface area (Å²) in [5.74, 6) is -3.79. The van der Waals surface area contributed by atoms with Gasteiger partial charge in [-0.25, -0.2) is 8.78 Å². The van der Waals surface area contributed by atoms with Gasteiger partial charge in [-0.05, 0) is 48.2 Å². The molecule has 0 saturated heterocycles. The van der Waals surface area contributed by atoms with E-state index in [4.69, 9.17) is 0 Å². The fourth-order valence-corrected chi connectivity index (χ4v) is 3.51. The number of hydrogen-bond donors (Lipinski definition) is 2. The maximum absolute atomic E-state index is 13.6. The average Bonchev–Trinajstić information content (AvgIpc) is 2.94. The van der Waals surface area contributed by atoms with Crippen molar-refractivity contribution in [1.29, 1.82) is 0 Å². The monoisotopic (exact) mass is 371 g/mol. The van der Waals surface area contributed by atoms with Crippen LogP contribution in [0, 0.1) is 11.6 Å². The van der Waals surface area contributed by atoms with Crippen LogP contribution in [-0.4, -0.2) is 24.3 Å². The maximum atomic E-state index is 13.6. The highest BCUT2D eigenvalue weighted by atomic mass is 19.1.